The van der Waals surface area contributed by atoms with Gasteiger partial charge in [0.1, 0.15) is 0 Å². The number of aliphatic hydroxyl groups excluding tert-OH is 1. The van der Waals surface area contributed by atoms with Crippen LogP contribution in [0.25, 0.3) is 0 Å². The van der Waals surface area contributed by atoms with Gasteiger partial charge in [0.2, 0.25) is 0 Å². The summed E-state index contributed by atoms with van der Waals surface area (Å²) in [5.41, 5.74) is 0. The normalized spacial score (nSPS) is 10.0. The molecule has 1 amide bonds. The molecule has 0 atom stereocenters. The third kappa shape index (κ3) is 11.2. The van der Waals surface area contributed by atoms with Crippen molar-refractivity contribution in [2.45, 2.75) is 45.4 Å². The summed E-state index contributed by atoms with van der Waals surface area (Å²) < 4.78 is 4.89. The highest BCUT2D eigenvalue weighted by atomic mass is 16.5. The highest BCUT2D eigenvalue weighted by molar-refractivity contribution is 5.66. The number of ether oxygens (including phenoxy) is 1. The molecule has 0 bridgehead atoms. The maximum atomic E-state index is 10.9. The zero-order valence-corrected chi connectivity index (χ0v) is 9.63. The van der Waals surface area contributed by atoms with Crippen LogP contribution >= 0.6 is 0 Å². The average molecular weight is 217 g/mol. The van der Waals surface area contributed by atoms with Crippen molar-refractivity contribution in [2.24, 2.45) is 0 Å². The monoisotopic (exact) mass is 217 g/mol. The second-order valence-corrected chi connectivity index (χ2v) is 3.55. The Morgan fingerprint density at radius 1 is 1.20 bits per heavy atom. The maximum Gasteiger partial charge on any atom is 0.407 e. The number of amides is 1. The number of nitrogens with one attached hydrogen (secondary N) is 1. The fraction of sp³-hybridized carbons (Fsp3) is 0.909. The van der Waals surface area contributed by atoms with E-state index in [9.17, 15) is 4.79 Å². The predicted molar refractivity (Wildman–Crippen MR) is 59.8 cm³/mol. The largest absolute Gasteiger partial charge is 0.450 e. The lowest BCUT2D eigenvalue weighted by Crippen LogP contribution is -2.27. The van der Waals surface area contributed by atoms with Gasteiger partial charge in [-0.2, -0.15) is 0 Å². The van der Waals surface area contributed by atoms with Crippen molar-refractivity contribution < 1.29 is 14.6 Å². The van der Waals surface area contributed by atoms with Crippen LogP contribution in [0.15, 0.2) is 0 Å². The number of hydrogen-bond acceptors (Lipinski definition) is 3. The molecule has 0 aromatic carbocycles. The molecule has 0 aliphatic heterocycles. The summed E-state index contributed by atoms with van der Waals surface area (Å²) in [6.07, 6.45) is 6.64. The van der Waals surface area contributed by atoms with E-state index in [1.165, 1.54) is 25.7 Å². The van der Waals surface area contributed by atoms with Crippen LogP contribution in [0.5, 0.6) is 0 Å². The first-order chi connectivity index (χ1) is 7.31. The molecule has 0 saturated carbocycles. The van der Waals surface area contributed by atoms with Crippen LogP contribution < -0.4 is 5.32 Å². The minimum atomic E-state index is -0.433. The van der Waals surface area contributed by atoms with Gasteiger partial charge in [-0.1, -0.05) is 39.0 Å². The molecule has 2 N–H and O–H groups in total. The van der Waals surface area contributed by atoms with Gasteiger partial charge in [-0.15, -0.1) is 0 Å². The van der Waals surface area contributed by atoms with Gasteiger partial charge in [-0.25, -0.2) is 4.79 Å². The van der Waals surface area contributed by atoms with Crippen LogP contribution in [-0.2, 0) is 4.74 Å². The zero-order chi connectivity index (χ0) is 11.4. The molecular weight excluding hydrogens is 194 g/mol. The third-order valence-electron chi connectivity index (χ3n) is 2.11. The van der Waals surface area contributed by atoms with Gasteiger partial charge in [0, 0.05) is 6.54 Å². The highest BCUT2D eigenvalue weighted by Crippen LogP contribution is 2.04. The molecule has 0 aromatic heterocycles. The van der Waals surface area contributed by atoms with E-state index in [-0.39, 0.29) is 13.2 Å². The summed E-state index contributed by atoms with van der Waals surface area (Å²) in [7, 11) is 0. The quantitative estimate of drug-likeness (QED) is 0.581. The lowest BCUT2D eigenvalue weighted by molar-refractivity contribution is 0.141. The topological polar surface area (TPSA) is 58.6 Å². The second-order valence-electron chi connectivity index (χ2n) is 3.55. The van der Waals surface area contributed by atoms with Crippen LogP contribution in [0.4, 0.5) is 4.79 Å². The van der Waals surface area contributed by atoms with Crippen LogP contribution in [-0.4, -0.2) is 31.0 Å². The van der Waals surface area contributed by atoms with E-state index < -0.39 is 6.09 Å². The first kappa shape index (κ1) is 14.2. The van der Waals surface area contributed by atoms with Gasteiger partial charge >= 0.3 is 6.09 Å². The highest BCUT2D eigenvalue weighted by Gasteiger charge is 1.99. The number of alkyl carbamates (subject to hydrolysis) is 1. The molecule has 0 aliphatic carbocycles. The number of carbonyl (C=O) groups excluding carboxylic acids is 1. The molecule has 0 saturated heterocycles. The van der Waals surface area contributed by atoms with Crippen molar-refractivity contribution in [2.75, 3.05) is 19.8 Å². The fourth-order valence-corrected chi connectivity index (χ4v) is 1.26. The minimum absolute atomic E-state index is 0.0495. The number of aliphatic hydroxyl groups is 1. The second kappa shape index (κ2) is 11.3. The fourth-order valence-electron chi connectivity index (χ4n) is 1.26. The molecule has 0 aromatic rings. The van der Waals surface area contributed by atoms with Gasteiger partial charge in [0.15, 0.2) is 0 Å². The molecule has 0 fully saturated rings. The van der Waals surface area contributed by atoms with E-state index in [0.29, 0.717) is 6.61 Å². The van der Waals surface area contributed by atoms with Crippen LogP contribution in [0.2, 0.25) is 0 Å². The maximum absolute atomic E-state index is 10.9. The molecule has 0 spiro atoms. The van der Waals surface area contributed by atoms with Gasteiger partial charge < -0.3 is 15.2 Å². The van der Waals surface area contributed by atoms with Gasteiger partial charge in [-0.3, -0.25) is 0 Å². The van der Waals surface area contributed by atoms with Gasteiger partial charge in [0.05, 0.1) is 13.2 Å². The third-order valence-corrected chi connectivity index (χ3v) is 2.11. The van der Waals surface area contributed by atoms with E-state index in [4.69, 9.17) is 9.84 Å². The summed E-state index contributed by atoms with van der Waals surface area (Å²) in [6, 6.07) is 0. The van der Waals surface area contributed by atoms with E-state index in [2.05, 4.69) is 12.2 Å². The molecule has 0 unspecified atom stereocenters. The summed E-state index contributed by atoms with van der Waals surface area (Å²) in [6.45, 7) is 2.87. The smallest absolute Gasteiger partial charge is 0.407 e. The number of carbonyl (C=O) groups is 1. The Morgan fingerprint density at radius 3 is 2.53 bits per heavy atom. The molecule has 0 heterocycles. The van der Waals surface area contributed by atoms with Crippen molar-refractivity contribution in [1.29, 1.82) is 0 Å². The number of unbranched alkanes of at least 4 members (excludes halogenated alkanes) is 5. The molecule has 90 valence electrons. The molecule has 15 heavy (non-hydrogen) atoms. The Balaban J connectivity index is 3.06. The van der Waals surface area contributed by atoms with Crippen LogP contribution in [0, 0.1) is 0 Å². The van der Waals surface area contributed by atoms with E-state index >= 15 is 0 Å². The standard InChI is InChI=1S/C11H23NO3/c1-2-3-4-5-6-7-10-15-11(14)12-8-9-13/h13H,2-10H2,1H3,(H,12,14). The Kier molecular flexibility index (Phi) is 10.7. The van der Waals surface area contributed by atoms with Crippen molar-refractivity contribution in [3.05, 3.63) is 0 Å². The van der Waals surface area contributed by atoms with Gasteiger partial charge in [-0.05, 0) is 6.42 Å². The number of rotatable bonds is 9. The SMILES string of the molecule is CCCCCCCCOC(=O)NCCO. The van der Waals surface area contributed by atoms with Crippen molar-refractivity contribution in [3.63, 3.8) is 0 Å². The summed E-state index contributed by atoms with van der Waals surface area (Å²) >= 11 is 0. The molecule has 4 heteroatoms. The Morgan fingerprint density at radius 2 is 1.87 bits per heavy atom. The molecule has 4 nitrogen and oxygen atoms in total. The lowest BCUT2D eigenvalue weighted by Gasteiger charge is -2.05. The van der Waals surface area contributed by atoms with E-state index in [0.717, 1.165) is 12.8 Å². The lowest BCUT2D eigenvalue weighted by atomic mass is 10.1. The molecule has 0 rings (SSSR count). The Hall–Kier alpha value is -0.770. The summed E-state index contributed by atoms with van der Waals surface area (Å²) in [5.74, 6) is 0. The van der Waals surface area contributed by atoms with Crippen LogP contribution in [0.3, 0.4) is 0 Å². The first-order valence-electron chi connectivity index (χ1n) is 5.82. The number of hydrogen-bond donors (Lipinski definition) is 2. The van der Waals surface area contributed by atoms with Crippen molar-refractivity contribution >= 4 is 6.09 Å². The summed E-state index contributed by atoms with van der Waals surface area (Å²) in [5, 5.41) is 10.9. The van der Waals surface area contributed by atoms with Crippen molar-refractivity contribution in [3.8, 4) is 0 Å². The van der Waals surface area contributed by atoms with E-state index in [1.54, 1.807) is 0 Å². The average Bonchev–Trinajstić information content (AvgIpc) is 2.25. The Bertz CT molecular complexity index is 151. The molecular formula is C11H23NO3. The zero-order valence-electron chi connectivity index (χ0n) is 9.63. The molecule has 0 aliphatic rings. The molecule has 0 radical (unpaired) electrons. The van der Waals surface area contributed by atoms with Crippen molar-refractivity contribution in [1.82, 2.24) is 5.32 Å². The first-order valence-corrected chi connectivity index (χ1v) is 5.82. The van der Waals surface area contributed by atoms with E-state index in [1.807, 2.05) is 0 Å². The minimum Gasteiger partial charge on any atom is -0.450 e. The Labute approximate surface area is 92.0 Å². The summed E-state index contributed by atoms with van der Waals surface area (Å²) in [4.78, 5) is 10.9. The van der Waals surface area contributed by atoms with Crippen LogP contribution in [0.1, 0.15) is 45.4 Å². The van der Waals surface area contributed by atoms with Gasteiger partial charge in [0.25, 0.3) is 0 Å². The predicted octanol–water partition coefficient (Wildman–Crippen LogP) is 2.07.